The summed E-state index contributed by atoms with van der Waals surface area (Å²) >= 11 is 0. The molecule has 8 heteroatoms. The number of nitrogens with one attached hydrogen (secondary N) is 2. The van der Waals surface area contributed by atoms with Gasteiger partial charge in [0.15, 0.2) is 5.78 Å². The smallest absolute Gasteiger partial charge is 0.251 e. The summed E-state index contributed by atoms with van der Waals surface area (Å²) in [6, 6.07) is 6.77. The van der Waals surface area contributed by atoms with Crippen molar-refractivity contribution in [2.75, 3.05) is 26.2 Å². The second kappa shape index (κ2) is 10.7. The first-order chi connectivity index (χ1) is 17.1. The fraction of sp³-hybridized carbons (Fsp3) is 0.643. The van der Waals surface area contributed by atoms with Gasteiger partial charge in [0, 0.05) is 25.1 Å². The number of rotatable bonds is 7. The zero-order valence-electron chi connectivity index (χ0n) is 22.0. The van der Waals surface area contributed by atoms with Gasteiger partial charge >= 0.3 is 0 Å². The van der Waals surface area contributed by atoms with Gasteiger partial charge in [-0.05, 0) is 61.3 Å². The molecule has 196 valence electrons. The van der Waals surface area contributed by atoms with Crippen molar-refractivity contribution in [3.8, 4) is 0 Å². The van der Waals surface area contributed by atoms with E-state index in [2.05, 4.69) is 31.4 Å². The van der Waals surface area contributed by atoms with Crippen molar-refractivity contribution in [1.29, 1.82) is 0 Å². The number of hydrogen-bond acceptors (Lipinski definition) is 5. The number of ketones is 1. The minimum Gasteiger partial charge on any atom is -0.352 e. The van der Waals surface area contributed by atoms with Crippen LogP contribution in [0.15, 0.2) is 24.3 Å². The topological polar surface area (TPSA) is 98.8 Å². The summed E-state index contributed by atoms with van der Waals surface area (Å²) in [6.07, 6.45) is 3.42. The molecule has 3 fully saturated rings. The van der Waals surface area contributed by atoms with Crippen LogP contribution in [0.2, 0.25) is 0 Å². The Bertz CT molecular complexity index is 994. The van der Waals surface area contributed by atoms with Crippen molar-refractivity contribution in [2.45, 2.75) is 83.3 Å². The van der Waals surface area contributed by atoms with Crippen LogP contribution >= 0.6 is 0 Å². The molecule has 4 unspecified atom stereocenters. The number of amides is 3. The maximum absolute atomic E-state index is 13.1. The lowest BCUT2D eigenvalue weighted by Crippen LogP contribution is -2.47. The molecule has 3 aliphatic rings. The number of hydrogen-bond donors (Lipinski definition) is 2. The lowest BCUT2D eigenvalue weighted by atomic mass is 9.87. The number of Topliss-reactive ketones (excluding diaryl/α,β-unsaturated/α-hetero) is 1. The van der Waals surface area contributed by atoms with E-state index in [0.717, 1.165) is 19.4 Å². The molecule has 1 aromatic carbocycles. The molecule has 3 saturated heterocycles. The second-order valence-electron chi connectivity index (χ2n) is 11.7. The molecule has 0 radical (unpaired) electrons. The van der Waals surface area contributed by atoms with Crippen LogP contribution in [0.25, 0.3) is 0 Å². The third-order valence-electron chi connectivity index (χ3n) is 7.84. The molecule has 8 nitrogen and oxygen atoms in total. The first-order valence-corrected chi connectivity index (χ1v) is 13.3. The minimum absolute atomic E-state index is 0.000181. The zero-order chi connectivity index (χ0) is 26.0. The fourth-order valence-electron chi connectivity index (χ4n) is 5.66. The average molecular weight is 497 g/mol. The summed E-state index contributed by atoms with van der Waals surface area (Å²) in [5.41, 5.74) is 1.84. The Morgan fingerprint density at radius 1 is 1.11 bits per heavy atom. The van der Waals surface area contributed by atoms with Crippen LogP contribution in [0, 0.1) is 5.92 Å². The highest BCUT2D eigenvalue weighted by Gasteiger charge is 2.52. The first-order valence-electron chi connectivity index (χ1n) is 13.3. The van der Waals surface area contributed by atoms with Crippen LogP contribution in [0.5, 0.6) is 0 Å². The molecule has 4 atom stereocenters. The van der Waals surface area contributed by atoms with Crippen LogP contribution in [-0.4, -0.2) is 77.6 Å². The quantitative estimate of drug-likeness (QED) is 0.603. The van der Waals surface area contributed by atoms with E-state index in [0.29, 0.717) is 37.9 Å². The number of fused-ring (bicyclic) bond motifs is 1. The van der Waals surface area contributed by atoms with Crippen LogP contribution in [0.3, 0.4) is 0 Å². The van der Waals surface area contributed by atoms with Crippen LogP contribution in [0.4, 0.5) is 0 Å². The van der Waals surface area contributed by atoms with Crippen molar-refractivity contribution < 1.29 is 19.2 Å². The zero-order valence-corrected chi connectivity index (χ0v) is 22.0. The Morgan fingerprint density at radius 2 is 1.83 bits per heavy atom. The lowest BCUT2D eigenvalue weighted by Gasteiger charge is -2.26. The molecule has 36 heavy (non-hydrogen) atoms. The highest BCUT2D eigenvalue weighted by molar-refractivity contribution is 5.98. The van der Waals surface area contributed by atoms with E-state index in [1.807, 2.05) is 31.2 Å². The molecule has 1 aromatic rings. The number of benzene rings is 1. The molecule has 0 spiro atoms. The highest BCUT2D eigenvalue weighted by atomic mass is 16.2. The minimum atomic E-state index is -0.508. The lowest BCUT2D eigenvalue weighted by molar-refractivity contribution is -0.137. The molecule has 2 N–H and O–H groups in total. The summed E-state index contributed by atoms with van der Waals surface area (Å²) in [4.78, 5) is 54.7. The van der Waals surface area contributed by atoms with Crippen LogP contribution in [0.1, 0.15) is 75.7 Å². The second-order valence-corrected chi connectivity index (χ2v) is 11.7. The third kappa shape index (κ3) is 5.64. The standard InChI is InChI=1S/C28H40N4O4/c1-18(11-14-30-26(35)19-7-9-20(10-8-19)28(2,3)4)16-24(34)31-15-12-22-25(31)23(33)17-32(22)27(36)21-6-5-13-29-21/h7-10,18,21-22,25,29H,5-6,11-17H2,1-4H3,(H,30,35). The number of carbonyl (C=O) groups is 4. The van der Waals surface area contributed by atoms with Crippen molar-refractivity contribution >= 4 is 23.5 Å². The van der Waals surface area contributed by atoms with E-state index < -0.39 is 6.04 Å². The molecule has 0 saturated carbocycles. The van der Waals surface area contributed by atoms with E-state index in [1.165, 1.54) is 5.56 Å². The van der Waals surface area contributed by atoms with E-state index >= 15 is 0 Å². The van der Waals surface area contributed by atoms with Gasteiger partial charge in [-0.15, -0.1) is 0 Å². The van der Waals surface area contributed by atoms with E-state index in [4.69, 9.17) is 0 Å². The number of carbonyl (C=O) groups excluding carboxylic acids is 4. The summed E-state index contributed by atoms with van der Waals surface area (Å²) in [5, 5.41) is 6.17. The van der Waals surface area contributed by atoms with Crippen LogP contribution in [-0.2, 0) is 19.8 Å². The predicted molar refractivity (Wildman–Crippen MR) is 138 cm³/mol. The summed E-state index contributed by atoms with van der Waals surface area (Å²) < 4.78 is 0. The Kier molecular flexibility index (Phi) is 7.83. The largest absolute Gasteiger partial charge is 0.352 e. The van der Waals surface area contributed by atoms with Gasteiger partial charge in [-0.1, -0.05) is 39.8 Å². The molecular weight excluding hydrogens is 456 g/mol. The van der Waals surface area contributed by atoms with Gasteiger partial charge in [-0.25, -0.2) is 0 Å². The number of nitrogens with zero attached hydrogens (tertiary/aromatic N) is 2. The maximum atomic E-state index is 13.1. The van der Waals surface area contributed by atoms with Gasteiger partial charge in [0.05, 0.1) is 18.6 Å². The molecule has 3 heterocycles. The third-order valence-corrected chi connectivity index (χ3v) is 7.84. The molecule has 3 aliphatic heterocycles. The SMILES string of the molecule is CC(CCNC(=O)c1ccc(C(C)(C)C)cc1)CC(=O)N1CCC2C1C(=O)CN2C(=O)C1CCCN1. The van der Waals surface area contributed by atoms with Crippen molar-refractivity contribution in [2.24, 2.45) is 5.92 Å². The monoisotopic (exact) mass is 496 g/mol. The molecule has 0 bridgehead atoms. The van der Waals surface area contributed by atoms with Crippen LogP contribution < -0.4 is 10.6 Å². The predicted octanol–water partition coefficient (Wildman–Crippen LogP) is 2.26. The molecule has 4 rings (SSSR count). The molecule has 3 amide bonds. The normalized spacial score (nSPS) is 24.7. The Labute approximate surface area is 214 Å². The van der Waals surface area contributed by atoms with Gasteiger partial charge in [-0.2, -0.15) is 0 Å². The molecular formula is C28H40N4O4. The Morgan fingerprint density at radius 3 is 2.47 bits per heavy atom. The summed E-state index contributed by atoms with van der Waals surface area (Å²) in [7, 11) is 0. The Balaban J connectivity index is 1.24. The van der Waals surface area contributed by atoms with E-state index in [-0.39, 0.29) is 53.5 Å². The fourth-order valence-corrected chi connectivity index (χ4v) is 5.66. The van der Waals surface area contributed by atoms with Gasteiger partial charge < -0.3 is 20.4 Å². The Hall–Kier alpha value is -2.74. The van der Waals surface area contributed by atoms with Gasteiger partial charge in [0.25, 0.3) is 5.91 Å². The van der Waals surface area contributed by atoms with Gasteiger partial charge in [-0.3, -0.25) is 19.2 Å². The van der Waals surface area contributed by atoms with Crippen molar-refractivity contribution in [3.63, 3.8) is 0 Å². The van der Waals surface area contributed by atoms with Crippen molar-refractivity contribution in [3.05, 3.63) is 35.4 Å². The average Bonchev–Trinajstić information content (AvgIpc) is 3.57. The summed E-state index contributed by atoms with van der Waals surface area (Å²) in [6.45, 7) is 10.3. The first kappa shape index (κ1) is 26.3. The summed E-state index contributed by atoms with van der Waals surface area (Å²) in [5.74, 6) is -0.124. The van der Waals surface area contributed by atoms with E-state index in [9.17, 15) is 19.2 Å². The number of likely N-dealkylation sites (tertiary alicyclic amines) is 2. The van der Waals surface area contributed by atoms with Gasteiger partial charge in [0.1, 0.15) is 6.04 Å². The highest BCUT2D eigenvalue weighted by Crippen LogP contribution is 2.32. The van der Waals surface area contributed by atoms with E-state index in [1.54, 1.807) is 9.80 Å². The van der Waals surface area contributed by atoms with Crippen molar-refractivity contribution in [1.82, 2.24) is 20.4 Å². The molecule has 0 aromatic heterocycles. The maximum Gasteiger partial charge on any atom is 0.251 e. The molecule has 0 aliphatic carbocycles. The van der Waals surface area contributed by atoms with Gasteiger partial charge in [0.2, 0.25) is 11.8 Å².